The smallest absolute Gasteiger partial charge is 0.756 e. The van der Waals surface area contributed by atoms with E-state index in [4.69, 9.17) is 24.4 Å². The van der Waals surface area contributed by atoms with Crippen LogP contribution in [-0.4, -0.2) is 21.5 Å². The Balaban J connectivity index is -0.000000578. The van der Waals surface area contributed by atoms with Crippen LogP contribution in [0, 0.1) is 0 Å². The zero-order valence-corrected chi connectivity index (χ0v) is 18.1. The Bertz CT molecular complexity index is 226. The van der Waals surface area contributed by atoms with Gasteiger partial charge in [0.05, 0.1) is 0 Å². The summed E-state index contributed by atoms with van der Waals surface area (Å²) in [5, 5.41) is 8.64. The maximum absolute atomic E-state index is 8.77. The number of phosphoric acid groups is 1. The molecule has 0 rings (SSSR count). The van der Waals surface area contributed by atoms with Crippen molar-refractivity contribution in [1.29, 1.82) is 0 Å². The van der Waals surface area contributed by atoms with Gasteiger partial charge >= 0.3 is 29.6 Å². The first-order valence-electron chi connectivity index (χ1n) is 8.79. The van der Waals surface area contributed by atoms with E-state index in [0.29, 0.717) is 6.61 Å². The molecule has 5 nitrogen and oxygen atoms in total. The second-order valence-corrected chi connectivity index (χ2v) is 6.79. The number of rotatable bonds is 14. The predicted octanol–water partition coefficient (Wildman–Crippen LogP) is 0.903. The largest absolute Gasteiger partial charge is 1.00 e. The van der Waals surface area contributed by atoms with Crippen molar-refractivity contribution in [3.63, 3.8) is 0 Å². The van der Waals surface area contributed by atoms with Gasteiger partial charge in [-0.25, -0.2) is 0 Å². The average molecular weight is 362 g/mol. The van der Waals surface area contributed by atoms with Gasteiger partial charge in [-0.2, -0.15) is 0 Å². The van der Waals surface area contributed by atoms with Crippen molar-refractivity contribution >= 4 is 7.82 Å². The third-order valence-electron chi connectivity index (χ3n) is 3.51. The number of aliphatic hydroxyl groups is 1. The average Bonchev–Trinajstić information content (AvgIpc) is 2.42. The van der Waals surface area contributed by atoms with E-state index in [1.807, 2.05) is 0 Å². The molecule has 0 fully saturated rings. The molecule has 0 radical (unpaired) electrons. The molecule has 0 atom stereocenters. The molecule has 0 amide bonds. The summed E-state index contributed by atoms with van der Waals surface area (Å²) in [4.78, 5) is 22.9. The van der Waals surface area contributed by atoms with Gasteiger partial charge in [-0.3, -0.25) is 4.57 Å². The van der Waals surface area contributed by atoms with Gasteiger partial charge in [0.25, 0.3) is 7.82 Å². The van der Waals surface area contributed by atoms with Crippen molar-refractivity contribution in [1.82, 2.24) is 0 Å². The van der Waals surface area contributed by atoms with E-state index in [1.54, 1.807) is 0 Å². The molecule has 0 aromatic heterocycles. The Hall–Kier alpha value is 1.07. The third kappa shape index (κ3) is 45.1. The van der Waals surface area contributed by atoms with Gasteiger partial charge in [0.2, 0.25) is 0 Å². The van der Waals surface area contributed by atoms with Gasteiger partial charge < -0.3 is 19.8 Å². The molecule has 3 N–H and O–H groups in total. The Morgan fingerprint density at radius 1 is 0.696 bits per heavy atom. The molecular weight excluding hydrogens is 326 g/mol. The fraction of sp³-hybridized carbons (Fsp3) is 1.00. The van der Waals surface area contributed by atoms with Crippen molar-refractivity contribution in [3.8, 4) is 0 Å². The van der Waals surface area contributed by atoms with Crippen LogP contribution >= 0.6 is 7.82 Å². The van der Waals surface area contributed by atoms with Gasteiger partial charge in [0, 0.05) is 6.61 Å². The molecule has 7 heteroatoms. The van der Waals surface area contributed by atoms with Crippen LogP contribution in [0.5, 0.6) is 0 Å². The summed E-state index contributed by atoms with van der Waals surface area (Å²) in [5.74, 6) is 0. The Kier molecular flexibility index (Phi) is 28.9. The van der Waals surface area contributed by atoms with Crippen molar-refractivity contribution in [3.05, 3.63) is 0 Å². The molecule has 0 saturated heterocycles. The van der Waals surface area contributed by atoms with Crippen LogP contribution in [0.25, 0.3) is 0 Å². The summed E-state index contributed by atoms with van der Waals surface area (Å²) >= 11 is 0. The molecule has 0 heterocycles. The zero-order valence-electron chi connectivity index (χ0n) is 15.2. The van der Waals surface area contributed by atoms with Crippen LogP contribution in [0.15, 0.2) is 0 Å². The van der Waals surface area contributed by atoms with Gasteiger partial charge in [-0.1, -0.05) is 90.4 Å². The van der Waals surface area contributed by atoms with E-state index in [9.17, 15) is 0 Å². The number of aliphatic hydroxyl groups excluding tert-OH is 1. The van der Waals surface area contributed by atoms with Crippen LogP contribution in [-0.2, 0) is 4.57 Å². The SMILES string of the molecule is CCCCCCCCCCCCCCCCO.O=P([O-])(O)O.[Na+]. The molecule has 0 saturated carbocycles. The van der Waals surface area contributed by atoms with Crippen LogP contribution < -0.4 is 34.5 Å². The van der Waals surface area contributed by atoms with Crippen LogP contribution in [0.1, 0.15) is 96.8 Å². The van der Waals surface area contributed by atoms with E-state index in [2.05, 4.69) is 6.92 Å². The minimum absolute atomic E-state index is 0. The van der Waals surface area contributed by atoms with Crippen LogP contribution in [0.3, 0.4) is 0 Å². The molecule has 0 unspecified atom stereocenters. The third-order valence-corrected chi connectivity index (χ3v) is 3.51. The molecule has 0 aromatic rings. The van der Waals surface area contributed by atoms with Crippen molar-refractivity contribution < 1.29 is 53.9 Å². The van der Waals surface area contributed by atoms with Gasteiger partial charge in [0.15, 0.2) is 0 Å². The van der Waals surface area contributed by atoms with E-state index >= 15 is 0 Å². The van der Waals surface area contributed by atoms with E-state index < -0.39 is 7.82 Å². The second-order valence-electron chi connectivity index (χ2n) is 5.81. The number of hydrogen-bond donors (Lipinski definition) is 3. The van der Waals surface area contributed by atoms with E-state index in [-0.39, 0.29) is 29.6 Å². The molecule has 0 aliphatic rings. The summed E-state index contributed by atoms with van der Waals surface area (Å²) < 4.78 is 8.77. The minimum atomic E-state index is -4.89. The Morgan fingerprint density at radius 2 is 0.913 bits per heavy atom. The van der Waals surface area contributed by atoms with Gasteiger partial charge in [-0.05, 0) is 6.42 Å². The zero-order chi connectivity index (χ0) is 17.1. The van der Waals surface area contributed by atoms with Gasteiger partial charge in [0.1, 0.15) is 0 Å². The Morgan fingerprint density at radius 3 is 1.13 bits per heavy atom. The van der Waals surface area contributed by atoms with Crippen molar-refractivity contribution in [2.24, 2.45) is 0 Å². The maximum atomic E-state index is 8.77. The second kappa shape index (κ2) is 23.1. The summed E-state index contributed by atoms with van der Waals surface area (Å²) in [5.41, 5.74) is 0. The monoisotopic (exact) mass is 362 g/mol. The molecule has 0 bridgehead atoms. The Labute approximate surface area is 164 Å². The van der Waals surface area contributed by atoms with Crippen LogP contribution in [0.4, 0.5) is 0 Å². The first kappa shape index (κ1) is 28.9. The summed E-state index contributed by atoms with van der Waals surface area (Å²) in [6.45, 7) is 2.65. The summed E-state index contributed by atoms with van der Waals surface area (Å²) in [6, 6.07) is 0. The fourth-order valence-electron chi connectivity index (χ4n) is 2.31. The van der Waals surface area contributed by atoms with E-state index in [1.165, 1.54) is 83.5 Å². The maximum Gasteiger partial charge on any atom is 1.00 e. The van der Waals surface area contributed by atoms with Crippen molar-refractivity contribution in [2.75, 3.05) is 6.61 Å². The van der Waals surface area contributed by atoms with E-state index in [0.717, 1.165) is 6.42 Å². The first-order valence-corrected chi connectivity index (χ1v) is 10.3. The summed E-state index contributed by atoms with van der Waals surface area (Å²) in [7, 11) is -4.89. The normalized spacial score (nSPS) is 10.7. The summed E-state index contributed by atoms with van der Waals surface area (Å²) in [6.07, 6.45) is 19.2. The molecule has 136 valence electrons. The molecule has 23 heavy (non-hydrogen) atoms. The quantitative estimate of drug-likeness (QED) is 0.242. The van der Waals surface area contributed by atoms with Crippen LogP contribution in [0.2, 0.25) is 0 Å². The topological polar surface area (TPSA) is 101 Å². The van der Waals surface area contributed by atoms with Crippen molar-refractivity contribution in [2.45, 2.75) is 96.8 Å². The number of hydrogen-bond acceptors (Lipinski definition) is 3. The minimum Gasteiger partial charge on any atom is -0.756 e. The standard InChI is InChI=1S/C16H34O.Na.H3O4P/c1-2-3-4-5-6-7-8-9-10-11-12-13-14-15-16-17;;1-5(2,3)4/h17H,2-16H2,1H3;;(H3,1,2,3,4)/q;+1;/p-1. The molecule has 0 spiro atoms. The molecular formula is C16H36NaO5P. The van der Waals surface area contributed by atoms with Gasteiger partial charge in [-0.15, -0.1) is 0 Å². The predicted molar refractivity (Wildman–Crippen MR) is 89.4 cm³/mol. The fourth-order valence-corrected chi connectivity index (χ4v) is 2.31. The number of unbranched alkanes of at least 4 members (excludes halogenated alkanes) is 13. The molecule has 0 aliphatic heterocycles. The molecule has 0 aliphatic carbocycles. The first-order chi connectivity index (χ1) is 10.4. The molecule has 0 aromatic carbocycles.